The number of pyridine rings is 1. The van der Waals surface area contributed by atoms with Gasteiger partial charge < -0.3 is 10.6 Å². The van der Waals surface area contributed by atoms with Gasteiger partial charge in [-0.25, -0.2) is 4.98 Å². The Hall–Kier alpha value is -2.73. The van der Waals surface area contributed by atoms with Crippen molar-refractivity contribution in [3.05, 3.63) is 53.2 Å². The van der Waals surface area contributed by atoms with E-state index >= 15 is 0 Å². The number of anilines is 2. The molecule has 2 aromatic rings. The Morgan fingerprint density at radius 1 is 1.07 bits per heavy atom. The van der Waals surface area contributed by atoms with Crippen LogP contribution < -0.4 is 10.6 Å². The molecule has 0 saturated heterocycles. The number of nitrogens with zero attached hydrogens (tertiary/aromatic N) is 2. The molecule has 0 aliphatic heterocycles. The molecule has 0 spiro atoms. The van der Waals surface area contributed by atoms with E-state index in [4.69, 9.17) is 0 Å². The number of hydrogen-bond acceptors (Lipinski definition) is 4. The Morgan fingerprint density at radius 3 is 2.57 bits per heavy atom. The minimum Gasteiger partial charge on any atom is -0.325 e. The van der Waals surface area contributed by atoms with Crippen LogP contribution in [0.5, 0.6) is 0 Å². The molecule has 1 aliphatic carbocycles. The topological polar surface area (TPSA) is 74.3 Å². The molecule has 1 aromatic carbocycles. The van der Waals surface area contributed by atoms with Gasteiger partial charge in [-0.1, -0.05) is 18.2 Å². The largest absolute Gasteiger partial charge is 0.325 e. The Labute approximate surface area is 166 Å². The van der Waals surface area contributed by atoms with Crippen LogP contribution in [0.4, 0.5) is 11.5 Å². The lowest BCUT2D eigenvalue weighted by atomic mass is 10.1. The first-order valence-corrected chi connectivity index (χ1v) is 9.75. The fourth-order valence-electron chi connectivity index (χ4n) is 3.13. The molecule has 1 fully saturated rings. The van der Waals surface area contributed by atoms with Gasteiger partial charge in [0.2, 0.25) is 11.8 Å². The van der Waals surface area contributed by atoms with Gasteiger partial charge in [-0.15, -0.1) is 0 Å². The van der Waals surface area contributed by atoms with Crippen LogP contribution in [0.25, 0.3) is 0 Å². The van der Waals surface area contributed by atoms with Crippen molar-refractivity contribution in [2.75, 3.05) is 23.7 Å². The minimum absolute atomic E-state index is 0.0402. The number of hydrogen-bond donors (Lipinski definition) is 2. The average molecular weight is 380 g/mol. The molecule has 2 N–H and O–H groups in total. The SMILES string of the molecule is Cc1ccc(C)c(NC(=O)CN(CCC(=O)Nc2ncccc2C)C2CC2)c1. The zero-order valence-electron chi connectivity index (χ0n) is 16.8. The summed E-state index contributed by atoms with van der Waals surface area (Å²) < 4.78 is 0. The number of carbonyl (C=O) groups is 2. The molecule has 1 aliphatic rings. The maximum Gasteiger partial charge on any atom is 0.238 e. The van der Waals surface area contributed by atoms with Gasteiger partial charge in [-0.2, -0.15) is 0 Å². The van der Waals surface area contributed by atoms with Gasteiger partial charge >= 0.3 is 0 Å². The highest BCUT2D eigenvalue weighted by atomic mass is 16.2. The van der Waals surface area contributed by atoms with Crippen molar-refractivity contribution < 1.29 is 9.59 Å². The van der Waals surface area contributed by atoms with Crippen LogP contribution in [0.2, 0.25) is 0 Å². The van der Waals surface area contributed by atoms with Gasteiger partial charge in [0, 0.05) is 30.9 Å². The molecule has 1 aromatic heterocycles. The maximum atomic E-state index is 12.5. The third-order valence-corrected chi connectivity index (χ3v) is 4.97. The first-order chi connectivity index (χ1) is 13.4. The van der Waals surface area contributed by atoms with Crippen molar-refractivity contribution in [2.45, 2.75) is 46.1 Å². The fraction of sp³-hybridized carbons (Fsp3) is 0.409. The van der Waals surface area contributed by atoms with E-state index in [0.717, 1.165) is 35.2 Å². The highest BCUT2D eigenvalue weighted by Gasteiger charge is 2.30. The second kappa shape index (κ2) is 8.97. The molecule has 1 heterocycles. The van der Waals surface area contributed by atoms with Crippen LogP contribution >= 0.6 is 0 Å². The second-order valence-corrected chi connectivity index (χ2v) is 7.54. The van der Waals surface area contributed by atoms with Gasteiger partial charge in [-0.05, 0) is 62.4 Å². The molecule has 3 rings (SSSR count). The van der Waals surface area contributed by atoms with Crippen LogP contribution in [0, 0.1) is 20.8 Å². The van der Waals surface area contributed by atoms with Crippen LogP contribution in [-0.2, 0) is 9.59 Å². The highest BCUT2D eigenvalue weighted by Crippen LogP contribution is 2.27. The highest BCUT2D eigenvalue weighted by molar-refractivity contribution is 5.93. The predicted octanol–water partition coefficient (Wildman–Crippen LogP) is 3.44. The first-order valence-electron chi connectivity index (χ1n) is 9.75. The average Bonchev–Trinajstić information content (AvgIpc) is 3.49. The van der Waals surface area contributed by atoms with Crippen LogP contribution in [0.1, 0.15) is 36.0 Å². The van der Waals surface area contributed by atoms with Crippen molar-refractivity contribution >= 4 is 23.3 Å². The van der Waals surface area contributed by atoms with E-state index in [9.17, 15) is 9.59 Å². The number of rotatable bonds is 8. The number of nitrogens with one attached hydrogen (secondary N) is 2. The van der Waals surface area contributed by atoms with Crippen molar-refractivity contribution in [1.82, 2.24) is 9.88 Å². The Bertz CT molecular complexity index is 861. The maximum absolute atomic E-state index is 12.5. The predicted molar refractivity (Wildman–Crippen MR) is 111 cm³/mol. The molecule has 1 saturated carbocycles. The third-order valence-electron chi connectivity index (χ3n) is 4.97. The summed E-state index contributed by atoms with van der Waals surface area (Å²) in [5.74, 6) is 0.474. The van der Waals surface area contributed by atoms with E-state index in [-0.39, 0.29) is 11.8 Å². The van der Waals surface area contributed by atoms with E-state index in [1.807, 2.05) is 51.1 Å². The quantitative estimate of drug-likeness (QED) is 0.736. The normalized spacial score (nSPS) is 13.4. The molecular formula is C22H28N4O2. The summed E-state index contributed by atoms with van der Waals surface area (Å²) in [6.45, 7) is 6.76. The van der Waals surface area contributed by atoms with Crippen LogP contribution in [-0.4, -0.2) is 40.8 Å². The zero-order chi connectivity index (χ0) is 20.1. The summed E-state index contributed by atoms with van der Waals surface area (Å²) in [6, 6.07) is 10.2. The van der Waals surface area contributed by atoms with Gasteiger partial charge in [-0.3, -0.25) is 14.5 Å². The fourth-order valence-corrected chi connectivity index (χ4v) is 3.13. The van der Waals surface area contributed by atoms with Gasteiger partial charge in [0.1, 0.15) is 5.82 Å². The summed E-state index contributed by atoms with van der Waals surface area (Å²) in [5.41, 5.74) is 3.94. The Kier molecular flexibility index (Phi) is 6.41. The van der Waals surface area contributed by atoms with Gasteiger partial charge in [0.25, 0.3) is 0 Å². The van der Waals surface area contributed by atoms with Crippen molar-refractivity contribution in [1.29, 1.82) is 0 Å². The van der Waals surface area contributed by atoms with Crippen molar-refractivity contribution in [2.24, 2.45) is 0 Å². The molecule has 0 radical (unpaired) electrons. The number of carbonyl (C=O) groups excluding carboxylic acids is 2. The monoisotopic (exact) mass is 380 g/mol. The molecule has 0 atom stereocenters. The van der Waals surface area contributed by atoms with Crippen LogP contribution in [0.3, 0.4) is 0 Å². The molecule has 28 heavy (non-hydrogen) atoms. The molecule has 2 amide bonds. The zero-order valence-corrected chi connectivity index (χ0v) is 16.8. The lowest BCUT2D eigenvalue weighted by molar-refractivity contribution is -0.119. The molecule has 148 valence electrons. The Balaban J connectivity index is 1.52. The molecule has 0 unspecified atom stereocenters. The standard InChI is InChI=1S/C22H28N4O2/c1-15-6-7-16(2)19(13-15)24-21(28)14-26(18-8-9-18)12-10-20(27)25-22-17(3)5-4-11-23-22/h4-7,11,13,18H,8-10,12,14H2,1-3H3,(H,24,28)(H,23,25,27). The van der Waals surface area contributed by atoms with Crippen molar-refractivity contribution in [3.8, 4) is 0 Å². The van der Waals surface area contributed by atoms with E-state index in [1.54, 1.807) is 6.20 Å². The lowest BCUT2D eigenvalue weighted by Gasteiger charge is -2.21. The number of aromatic nitrogens is 1. The van der Waals surface area contributed by atoms with E-state index in [1.165, 1.54) is 0 Å². The summed E-state index contributed by atoms with van der Waals surface area (Å²) in [4.78, 5) is 31.1. The summed E-state index contributed by atoms with van der Waals surface area (Å²) in [6.07, 6.45) is 4.16. The van der Waals surface area contributed by atoms with E-state index in [2.05, 4.69) is 20.5 Å². The van der Waals surface area contributed by atoms with Gasteiger partial charge in [0.15, 0.2) is 0 Å². The molecule has 0 bridgehead atoms. The minimum atomic E-state index is -0.0811. The summed E-state index contributed by atoms with van der Waals surface area (Å²) in [7, 11) is 0. The smallest absolute Gasteiger partial charge is 0.238 e. The Morgan fingerprint density at radius 2 is 1.86 bits per heavy atom. The second-order valence-electron chi connectivity index (χ2n) is 7.54. The van der Waals surface area contributed by atoms with E-state index < -0.39 is 0 Å². The van der Waals surface area contributed by atoms with Gasteiger partial charge in [0.05, 0.1) is 6.54 Å². The third kappa shape index (κ3) is 5.63. The summed E-state index contributed by atoms with van der Waals surface area (Å²) in [5, 5.41) is 5.86. The molecule has 6 heteroatoms. The lowest BCUT2D eigenvalue weighted by Crippen LogP contribution is -2.37. The van der Waals surface area contributed by atoms with Crippen molar-refractivity contribution in [3.63, 3.8) is 0 Å². The van der Waals surface area contributed by atoms with E-state index in [0.29, 0.717) is 31.4 Å². The first kappa shape index (κ1) is 20.0. The molecule has 6 nitrogen and oxygen atoms in total. The number of benzene rings is 1. The molecular weight excluding hydrogens is 352 g/mol. The number of aryl methyl sites for hydroxylation is 3. The van der Waals surface area contributed by atoms with Crippen LogP contribution in [0.15, 0.2) is 36.5 Å². The number of amides is 2. The summed E-state index contributed by atoms with van der Waals surface area (Å²) >= 11 is 0.